The van der Waals surface area contributed by atoms with Crippen molar-refractivity contribution in [3.63, 3.8) is 0 Å². The highest BCUT2D eigenvalue weighted by Gasteiger charge is 2.35. The fourth-order valence-corrected chi connectivity index (χ4v) is 2.78. The van der Waals surface area contributed by atoms with Gasteiger partial charge in [-0.3, -0.25) is 9.78 Å². The lowest BCUT2D eigenvalue weighted by Gasteiger charge is -2.17. The minimum atomic E-state index is -0.195. The van der Waals surface area contributed by atoms with E-state index >= 15 is 0 Å². The van der Waals surface area contributed by atoms with Gasteiger partial charge in [0, 0.05) is 36.5 Å². The third-order valence-corrected chi connectivity index (χ3v) is 3.92. The van der Waals surface area contributed by atoms with Crippen molar-refractivity contribution in [1.82, 2.24) is 21.2 Å². The Labute approximate surface area is 124 Å². The maximum absolute atomic E-state index is 12.3. The van der Waals surface area contributed by atoms with Gasteiger partial charge in [0.05, 0.1) is 0 Å². The highest BCUT2D eigenvalue weighted by Crippen LogP contribution is 2.26. The normalized spacial score (nSPS) is 23.7. The van der Waals surface area contributed by atoms with Crippen LogP contribution in [0.2, 0.25) is 0 Å². The Morgan fingerprint density at radius 1 is 1.43 bits per heavy atom. The van der Waals surface area contributed by atoms with Gasteiger partial charge in [0.2, 0.25) is 5.91 Å². The molecule has 5 nitrogen and oxygen atoms in total. The van der Waals surface area contributed by atoms with Crippen molar-refractivity contribution in [3.8, 4) is 0 Å². The molecule has 1 saturated heterocycles. The van der Waals surface area contributed by atoms with Crippen LogP contribution in [0.15, 0.2) is 48.3 Å². The van der Waals surface area contributed by atoms with Gasteiger partial charge in [0.1, 0.15) is 6.04 Å². The molecule has 1 aromatic heterocycles. The molecule has 3 rings (SSSR count). The number of rotatable bonds is 4. The molecule has 21 heavy (non-hydrogen) atoms. The van der Waals surface area contributed by atoms with Crippen LogP contribution in [0.3, 0.4) is 0 Å². The first-order chi connectivity index (χ1) is 10.3. The predicted molar refractivity (Wildman–Crippen MR) is 81.0 cm³/mol. The topological polar surface area (TPSA) is 66.0 Å². The predicted octanol–water partition coefficient (Wildman–Crippen LogP) is 1.07. The molecule has 1 aromatic rings. The summed E-state index contributed by atoms with van der Waals surface area (Å²) in [5, 5.41) is 3.00. The first-order valence-corrected chi connectivity index (χ1v) is 7.40. The van der Waals surface area contributed by atoms with Gasteiger partial charge < -0.3 is 10.7 Å². The molecule has 1 aliphatic heterocycles. The second kappa shape index (κ2) is 6.54. The third kappa shape index (κ3) is 3.31. The summed E-state index contributed by atoms with van der Waals surface area (Å²) in [4.78, 5) is 16.6. The van der Waals surface area contributed by atoms with E-state index in [1.165, 1.54) is 0 Å². The van der Waals surface area contributed by atoms with Crippen molar-refractivity contribution in [1.29, 1.82) is 0 Å². The van der Waals surface area contributed by atoms with E-state index in [1.807, 2.05) is 30.4 Å². The van der Waals surface area contributed by atoms with Gasteiger partial charge in [-0.2, -0.15) is 0 Å². The minimum absolute atomic E-state index is 0.0498. The molecule has 0 spiro atoms. The summed E-state index contributed by atoms with van der Waals surface area (Å²) in [7, 11) is 0. The number of pyridine rings is 1. The Bertz CT molecular complexity index is 553. The Hall–Kier alpha value is -2.14. The second-order valence-electron chi connectivity index (χ2n) is 5.34. The number of hydrogen-bond donors (Lipinski definition) is 3. The lowest BCUT2D eigenvalue weighted by atomic mass is 9.93. The molecule has 110 valence electrons. The van der Waals surface area contributed by atoms with Gasteiger partial charge in [0.25, 0.3) is 0 Å². The average molecular weight is 284 g/mol. The molecule has 0 saturated carbocycles. The van der Waals surface area contributed by atoms with Gasteiger partial charge in [-0.15, -0.1) is 0 Å². The first-order valence-electron chi connectivity index (χ1n) is 7.40. The third-order valence-electron chi connectivity index (χ3n) is 3.92. The number of aromatic nitrogens is 1. The Morgan fingerprint density at radius 3 is 3.24 bits per heavy atom. The number of amides is 1. The van der Waals surface area contributed by atoms with Crippen LogP contribution >= 0.6 is 0 Å². The van der Waals surface area contributed by atoms with Crippen LogP contribution in [-0.2, 0) is 11.2 Å². The number of carbonyl (C=O) groups is 1. The molecule has 2 atom stereocenters. The highest BCUT2D eigenvalue weighted by molar-refractivity contribution is 5.83. The molecule has 2 aliphatic rings. The number of hydrogen-bond acceptors (Lipinski definition) is 4. The quantitative estimate of drug-likeness (QED) is 0.774. The number of allylic oxidation sites excluding steroid dienone is 3. The van der Waals surface area contributed by atoms with Crippen molar-refractivity contribution >= 4 is 5.91 Å². The van der Waals surface area contributed by atoms with E-state index in [1.54, 1.807) is 6.20 Å². The van der Waals surface area contributed by atoms with E-state index in [9.17, 15) is 4.79 Å². The number of hydrazine groups is 1. The smallest absolute Gasteiger partial charge is 0.239 e. The summed E-state index contributed by atoms with van der Waals surface area (Å²) in [5.41, 5.74) is 8.32. The molecule has 0 aromatic carbocycles. The van der Waals surface area contributed by atoms with Crippen LogP contribution in [-0.4, -0.2) is 23.5 Å². The summed E-state index contributed by atoms with van der Waals surface area (Å²) < 4.78 is 0. The maximum Gasteiger partial charge on any atom is 0.239 e. The fourth-order valence-electron chi connectivity index (χ4n) is 2.78. The summed E-state index contributed by atoms with van der Waals surface area (Å²) in [6.07, 6.45) is 10.8. The maximum atomic E-state index is 12.3. The molecular formula is C16H20N4O. The molecular weight excluding hydrogens is 264 g/mol. The van der Waals surface area contributed by atoms with Crippen molar-refractivity contribution in [2.24, 2.45) is 5.92 Å². The molecule has 1 aliphatic carbocycles. The molecule has 1 fully saturated rings. The number of nitrogens with zero attached hydrogens (tertiary/aromatic N) is 1. The lowest BCUT2D eigenvalue weighted by Crippen LogP contribution is -2.46. The van der Waals surface area contributed by atoms with E-state index < -0.39 is 0 Å². The van der Waals surface area contributed by atoms with Crippen LogP contribution in [0, 0.1) is 5.92 Å². The van der Waals surface area contributed by atoms with Crippen molar-refractivity contribution in [3.05, 3.63) is 54.0 Å². The van der Waals surface area contributed by atoms with E-state index in [4.69, 9.17) is 0 Å². The molecule has 0 radical (unpaired) electrons. The molecule has 2 heterocycles. The van der Waals surface area contributed by atoms with E-state index in [0.29, 0.717) is 6.54 Å². The Balaban J connectivity index is 1.52. The highest BCUT2D eigenvalue weighted by atomic mass is 16.2. The molecule has 2 unspecified atom stereocenters. The second-order valence-corrected chi connectivity index (χ2v) is 5.34. The fraction of sp³-hybridized carbons (Fsp3) is 0.375. The SMILES string of the molecule is O=C(NCCc1ccccn1)C1NNC2=CC=CCCC21. The number of carbonyl (C=O) groups excluding carboxylic acids is 1. The minimum Gasteiger partial charge on any atom is -0.354 e. The van der Waals surface area contributed by atoms with Crippen LogP contribution in [0.4, 0.5) is 0 Å². The van der Waals surface area contributed by atoms with Crippen molar-refractivity contribution in [2.45, 2.75) is 25.3 Å². The zero-order valence-corrected chi connectivity index (χ0v) is 11.9. The molecule has 3 N–H and O–H groups in total. The zero-order chi connectivity index (χ0) is 14.5. The molecule has 1 amide bonds. The molecule has 5 heteroatoms. The average Bonchev–Trinajstić information content (AvgIpc) is 2.77. The van der Waals surface area contributed by atoms with Crippen LogP contribution in [0.5, 0.6) is 0 Å². The summed E-state index contributed by atoms with van der Waals surface area (Å²) >= 11 is 0. The number of nitrogens with one attached hydrogen (secondary N) is 3. The summed E-state index contributed by atoms with van der Waals surface area (Å²) in [6.45, 7) is 0.609. The van der Waals surface area contributed by atoms with Crippen molar-refractivity contribution < 1.29 is 4.79 Å². The van der Waals surface area contributed by atoms with Gasteiger partial charge in [-0.05, 0) is 31.1 Å². The van der Waals surface area contributed by atoms with Gasteiger partial charge >= 0.3 is 0 Å². The van der Waals surface area contributed by atoms with Gasteiger partial charge in [-0.25, -0.2) is 5.43 Å². The largest absolute Gasteiger partial charge is 0.354 e. The Kier molecular flexibility index (Phi) is 4.31. The van der Waals surface area contributed by atoms with E-state index in [2.05, 4.69) is 27.2 Å². The van der Waals surface area contributed by atoms with Crippen LogP contribution < -0.4 is 16.2 Å². The number of fused-ring (bicyclic) bond motifs is 1. The summed E-state index contributed by atoms with van der Waals surface area (Å²) in [6, 6.07) is 5.63. The zero-order valence-electron chi connectivity index (χ0n) is 11.9. The van der Waals surface area contributed by atoms with E-state index in [0.717, 1.165) is 30.7 Å². The van der Waals surface area contributed by atoms with Crippen molar-refractivity contribution in [2.75, 3.05) is 6.54 Å². The van der Waals surface area contributed by atoms with Crippen LogP contribution in [0.25, 0.3) is 0 Å². The monoisotopic (exact) mass is 284 g/mol. The standard InChI is InChI=1S/C16H20N4O/c21-16(18-11-9-12-6-4-5-10-17-12)15-13-7-2-1-3-8-14(13)19-20-15/h1,3-6,8,10,13,15,19-20H,2,7,9,11H2,(H,18,21). The first kappa shape index (κ1) is 13.8. The molecule has 0 bridgehead atoms. The van der Waals surface area contributed by atoms with Gasteiger partial charge in [0.15, 0.2) is 0 Å². The van der Waals surface area contributed by atoms with Crippen LogP contribution in [0.1, 0.15) is 18.5 Å². The van der Waals surface area contributed by atoms with E-state index in [-0.39, 0.29) is 17.9 Å². The lowest BCUT2D eigenvalue weighted by molar-refractivity contribution is -0.123. The van der Waals surface area contributed by atoms with Gasteiger partial charge in [-0.1, -0.05) is 18.2 Å². The Morgan fingerprint density at radius 2 is 2.38 bits per heavy atom. The summed E-state index contributed by atoms with van der Waals surface area (Å²) in [5.74, 6) is 0.281.